The molecule has 0 aromatic heterocycles. The van der Waals surface area contributed by atoms with Crippen LogP contribution in [0.25, 0.3) is 0 Å². The lowest BCUT2D eigenvalue weighted by Gasteiger charge is -2.49. The van der Waals surface area contributed by atoms with Gasteiger partial charge in [-0.25, -0.2) is 4.79 Å². The monoisotopic (exact) mass is 389 g/mol. The number of carboxylic acid groups (broad SMARTS) is 1. The third-order valence-electron chi connectivity index (χ3n) is 4.38. The van der Waals surface area contributed by atoms with Gasteiger partial charge in [-0.3, -0.25) is 14.5 Å². The number of phenols is 1. The van der Waals surface area contributed by atoms with Gasteiger partial charge in [-0.1, -0.05) is 24.3 Å². The Morgan fingerprint density at radius 1 is 1.44 bits per heavy atom. The minimum Gasteiger partial charge on any atom is -0.508 e. The lowest BCUT2D eigenvalue weighted by atomic mass is 10.0. The van der Waals surface area contributed by atoms with Crippen molar-refractivity contribution < 1.29 is 24.6 Å². The molecule has 1 fully saturated rings. The second kappa shape index (κ2) is 7.45. The number of nitrogens with one attached hydrogen (secondary N) is 1. The average Bonchev–Trinajstić information content (AvgIpc) is 2.64. The van der Waals surface area contributed by atoms with Crippen LogP contribution in [0.15, 0.2) is 47.7 Å². The molecule has 0 radical (unpaired) electrons. The van der Waals surface area contributed by atoms with Gasteiger partial charge in [-0.2, -0.15) is 0 Å². The zero-order valence-electron chi connectivity index (χ0n) is 14.5. The Labute approximate surface area is 159 Å². The van der Waals surface area contributed by atoms with Crippen LogP contribution in [0.3, 0.4) is 0 Å². The highest BCUT2D eigenvalue weighted by molar-refractivity contribution is 8.00. The summed E-state index contributed by atoms with van der Waals surface area (Å²) in [5.41, 5.74) is 6.83. The van der Waals surface area contributed by atoms with E-state index in [4.69, 9.17) is 5.73 Å². The fourth-order valence-corrected chi connectivity index (χ4v) is 4.40. The maximum Gasteiger partial charge on any atom is 0.352 e. The summed E-state index contributed by atoms with van der Waals surface area (Å²) in [6, 6.07) is 4.11. The van der Waals surface area contributed by atoms with E-state index in [-0.39, 0.29) is 11.4 Å². The highest BCUT2D eigenvalue weighted by Crippen LogP contribution is 2.40. The van der Waals surface area contributed by atoms with Crippen LogP contribution in [0.2, 0.25) is 0 Å². The summed E-state index contributed by atoms with van der Waals surface area (Å²) in [4.78, 5) is 37.7. The first-order valence-corrected chi connectivity index (χ1v) is 9.28. The standard InChI is InChI=1S/C18H19N3O5S/c1-2-4-10-8-27-17-13(16(24)21(17)14(10)18(25)26)20-15(23)12(19)9-5-3-6-11(22)7-9/h2-7,12-13,17,22H,8,19H2,1H3,(H,20,23)(H,25,26)/b4-2-/t12?,13-,17+/m1/s1. The van der Waals surface area contributed by atoms with Gasteiger partial charge < -0.3 is 21.3 Å². The molecule has 9 heteroatoms. The fourth-order valence-electron chi connectivity index (χ4n) is 3.08. The van der Waals surface area contributed by atoms with Gasteiger partial charge in [-0.15, -0.1) is 11.8 Å². The summed E-state index contributed by atoms with van der Waals surface area (Å²) in [6.07, 6.45) is 3.39. The molecule has 2 heterocycles. The number of benzene rings is 1. The van der Waals surface area contributed by atoms with Crippen LogP contribution < -0.4 is 11.1 Å². The number of carbonyl (C=O) groups is 3. The maximum absolute atomic E-state index is 12.5. The van der Waals surface area contributed by atoms with Gasteiger partial charge in [-0.05, 0) is 30.2 Å². The zero-order valence-corrected chi connectivity index (χ0v) is 15.3. The van der Waals surface area contributed by atoms with E-state index < -0.39 is 35.2 Å². The molecule has 0 aliphatic carbocycles. The molecule has 27 heavy (non-hydrogen) atoms. The Morgan fingerprint density at radius 3 is 2.81 bits per heavy atom. The molecule has 1 aromatic rings. The number of β-lactam (4-membered cyclic amide) rings is 1. The number of fused-ring (bicyclic) bond motifs is 1. The number of aromatic hydroxyl groups is 1. The van der Waals surface area contributed by atoms with E-state index in [9.17, 15) is 24.6 Å². The molecule has 0 spiro atoms. The second-order valence-corrected chi connectivity index (χ2v) is 7.25. The van der Waals surface area contributed by atoms with Crippen molar-refractivity contribution in [1.82, 2.24) is 10.2 Å². The van der Waals surface area contributed by atoms with Crippen molar-refractivity contribution in [3.63, 3.8) is 0 Å². The number of phenolic OH excluding ortho intramolecular Hbond substituents is 1. The fraction of sp³-hybridized carbons (Fsp3) is 0.278. The summed E-state index contributed by atoms with van der Waals surface area (Å²) in [7, 11) is 0. The number of nitrogens with two attached hydrogens (primary N) is 1. The number of thioether (sulfide) groups is 1. The summed E-state index contributed by atoms with van der Waals surface area (Å²) >= 11 is 1.38. The molecule has 5 N–H and O–H groups in total. The molecule has 2 aliphatic rings. The van der Waals surface area contributed by atoms with E-state index in [2.05, 4.69) is 5.32 Å². The maximum atomic E-state index is 12.5. The summed E-state index contributed by atoms with van der Waals surface area (Å²) in [6.45, 7) is 1.77. The highest BCUT2D eigenvalue weighted by atomic mass is 32.2. The van der Waals surface area contributed by atoms with Crippen molar-refractivity contribution in [1.29, 1.82) is 0 Å². The van der Waals surface area contributed by atoms with Crippen molar-refractivity contribution >= 4 is 29.5 Å². The molecule has 0 bridgehead atoms. The topological polar surface area (TPSA) is 133 Å². The number of allylic oxidation sites excluding steroid dienone is 2. The largest absolute Gasteiger partial charge is 0.508 e. The first kappa shape index (κ1) is 19.0. The van der Waals surface area contributed by atoms with Gasteiger partial charge >= 0.3 is 5.97 Å². The number of rotatable bonds is 5. The lowest BCUT2D eigenvalue weighted by Crippen LogP contribution is -2.71. The Kier molecular flexibility index (Phi) is 5.24. The van der Waals surface area contributed by atoms with Gasteiger partial charge in [0.15, 0.2) is 0 Å². The Balaban J connectivity index is 1.75. The van der Waals surface area contributed by atoms with Crippen molar-refractivity contribution in [3.8, 4) is 5.75 Å². The first-order valence-electron chi connectivity index (χ1n) is 8.24. The Hall–Kier alpha value is -2.78. The van der Waals surface area contributed by atoms with E-state index in [0.29, 0.717) is 16.9 Å². The summed E-state index contributed by atoms with van der Waals surface area (Å²) < 4.78 is 0. The molecule has 2 amide bonds. The van der Waals surface area contributed by atoms with Gasteiger partial charge in [0, 0.05) is 5.75 Å². The number of amides is 2. The smallest absolute Gasteiger partial charge is 0.352 e. The van der Waals surface area contributed by atoms with Gasteiger partial charge in [0.25, 0.3) is 5.91 Å². The summed E-state index contributed by atoms with van der Waals surface area (Å²) in [5, 5.41) is 21.1. The highest BCUT2D eigenvalue weighted by Gasteiger charge is 2.54. The van der Waals surface area contributed by atoms with E-state index in [1.54, 1.807) is 31.2 Å². The number of hydrogen-bond acceptors (Lipinski definition) is 6. The quantitative estimate of drug-likeness (QED) is 0.545. The molecule has 8 nitrogen and oxygen atoms in total. The van der Waals surface area contributed by atoms with Gasteiger partial charge in [0.05, 0.1) is 0 Å². The van der Waals surface area contributed by atoms with Crippen LogP contribution in [0.1, 0.15) is 18.5 Å². The number of hydrogen-bond donors (Lipinski definition) is 4. The molecule has 2 aliphatic heterocycles. The predicted octanol–water partition coefficient (Wildman–Crippen LogP) is 0.707. The summed E-state index contributed by atoms with van der Waals surface area (Å²) in [5.74, 6) is -1.83. The van der Waals surface area contributed by atoms with Crippen LogP contribution in [-0.2, 0) is 14.4 Å². The molecule has 142 valence electrons. The lowest BCUT2D eigenvalue weighted by molar-refractivity contribution is -0.150. The molecule has 0 saturated carbocycles. The third kappa shape index (κ3) is 3.43. The minimum absolute atomic E-state index is 0.0165. The number of aliphatic carboxylic acids is 1. The van der Waals surface area contributed by atoms with Gasteiger partial charge in [0.1, 0.15) is 28.9 Å². The van der Waals surface area contributed by atoms with Crippen LogP contribution in [0.5, 0.6) is 5.75 Å². The predicted molar refractivity (Wildman–Crippen MR) is 99.5 cm³/mol. The molecule has 1 aromatic carbocycles. The van der Waals surface area contributed by atoms with E-state index in [1.165, 1.54) is 28.8 Å². The zero-order chi connectivity index (χ0) is 19.7. The molecule has 3 atom stereocenters. The van der Waals surface area contributed by atoms with E-state index in [1.807, 2.05) is 0 Å². The van der Waals surface area contributed by atoms with Crippen LogP contribution >= 0.6 is 11.8 Å². The SMILES string of the molecule is C/C=C\C1=C(C(=O)O)N2C(=O)[C@@H](NC(=O)C(N)c3cccc(O)c3)[C@@H]2SC1. The molecule has 3 rings (SSSR count). The van der Waals surface area contributed by atoms with E-state index in [0.717, 1.165) is 0 Å². The number of nitrogens with zero attached hydrogens (tertiary/aromatic N) is 1. The normalized spacial score (nSPS) is 23.0. The van der Waals surface area contributed by atoms with Crippen LogP contribution in [0, 0.1) is 0 Å². The van der Waals surface area contributed by atoms with E-state index >= 15 is 0 Å². The Bertz CT molecular complexity index is 866. The van der Waals surface area contributed by atoms with Crippen LogP contribution in [0.4, 0.5) is 0 Å². The van der Waals surface area contributed by atoms with Gasteiger partial charge in [0.2, 0.25) is 5.91 Å². The van der Waals surface area contributed by atoms with Crippen molar-refractivity contribution in [2.75, 3.05) is 5.75 Å². The molecular formula is C18H19N3O5S. The number of carbonyl (C=O) groups excluding carboxylic acids is 2. The average molecular weight is 389 g/mol. The Morgan fingerprint density at radius 2 is 2.19 bits per heavy atom. The van der Waals surface area contributed by atoms with Crippen molar-refractivity contribution in [2.24, 2.45) is 5.73 Å². The number of carboxylic acids is 1. The minimum atomic E-state index is -1.18. The molecule has 1 unspecified atom stereocenters. The second-order valence-electron chi connectivity index (χ2n) is 6.15. The van der Waals surface area contributed by atoms with Crippen molar-refractivity contribution in [2.45, 2.75) is 24.4 Å². The third-order valence-corrected chi connectivity index (χ3v) is 5.68. The first-order chi connectivity index (χ1) is 12.8. The molecule has 1 saturated heterocycles. The van der Waals surface area contributed by atoms with Crippen molar-refractivity contribution in [3.05, 3.63) is 53.3 Å². The molecular weight excluding hydrogens is 370 g/mol. The van der Waals surface area contributed by atoms with Crippen LogP contribution in [-0.4, -0.2) is 50.1 Å².